The molecular formula is C13H9ClN2O4S. The van der Waals surface area contributed by atoms with E-state index in [9.17, 15) is 18.0 Å². The molecule has 1 N–H and O–H groups in total. The molecule has 1 saturated heterocycles. The summed E-state index contributed by atoms with van der Waals surface area (Å²) in [5.74, 6) is -0.651. The predicted molar refractivity (Wildman–Crippen MR) is 76.4 cm³/mol. The fourth-order valence-corrected chi connectivity index (χ4v) is 3.67. The molecule has 1 aliphatic heterocycles. The zero-order valence-corrected chi connectivity index (χ0v) is 12.1. The maximum absolute atomic E-state index is 12.4. The van der Waals surface area contributed by atoms with E-state index < -0.39 is 28.5 Å². The van der Waals surface area contributed by atoms with Crippen molar-refractivity contribution >= 4 is 44.3 Å². The minimum absolute atomic E-state index is 0.0899. The summed E-state index contributed by atoms with van der Waals surface area (Å²) in [5.41, 5.74) is 0. The SMILES string of the molecule is O=C1CN(S(=O)(=O)c2ccc3cccc(Cl)c3c2)C(=O)N1. The first-order chi connectivity index (χ1) is 9.89. The number of hydrogen-bond donors (Lipinski definition) is 1. The van der Waals surface area contributed by atoms with E-state index >= 15 is 0 Å². The van der Waals surface area contributed by atoms with Crippen molar-refractivity contribution in [2.24, 2.45) is 0 Å². The molecule has 0 radical (unpaired) electrons. The largest absolute Gasteiger partial charge is 0.338 e. The van der Waals surface area contributed by atoms with Crippen LogP contribution in [0, 0.1) is 0 Å². The van der Waals surface area contributed by atoms with E-state index in [0.29, 0.717) is 14.7 Å². The Morgan fingerprint density at radius 1 is 1.14 bits per heavy atom. The first kappa shape index (κ1) is 13.8. The average molecular weight is 325 g/mol. The number of benzene rings is 2. The average Bonchev–Trinajstić information content (AvgIpc) is 2.78. The van der Waals surface area contributed by atoms with E-state index in [0.717, 1.165) is 5.39 Å². The van der Waals surface area contributed by atoms with Gasteiger partial charge in [-0.05, 0) is 23.6 Å². The summed E-state index contributed by atoms with van der Waals surface area (Å²) in [7, 11) is -4.09. The third-order valence-corrected chi connectivity index (χ3v) is 5.20. The quantitative estimate of drug-likeness (QED) is 0.853. The van der Waals surface area contributed by atoms with E-state index in [1.807, 2.05) is 5.32 Å². The van der Waals surface area contributed by atoms with Gasteiger partial charge in [0.2, 0.25) is 5.91 Å². The maximum Gasteiger partial charge on any atom is 0.338 e. The van der Waals surface area contributed by atoms with Crippen molar-refractivity contribution in [1.29, 1.82) is 0 Å². The van der Waals surface area contributed by atoms with E-state index in [4.69, 9.17) is 11.6 Å². The highest BCUT2D eigenvalue weighted by atomic mass is 35.5. The van der Waals surface area contributed by atoms with E-state index in [1.165, 1.54) is 12.1 Å². The van der Waals surface area contributed by atoms with Gasteiger partial charge in [-0.25, -0.2) is 17.5 Å². The second-order valence-corrected chi connectivity index (χ2v) is 6.76. The van der Waals surface area contributed by atoms with E-state index in [-0.39, 0.29) is 4.90 Å². The van der Waals surface area contributed by atoms with Crippen molar-refractivity contribution in [3.05, 3.63) is 41.4 Å². The van der Waals surface area contributed by atoms with Crippen molar-refractivity contribution in [3.63, 3.8) is 0 Å². The molecule has 2 aromatic carbocycles. The number of sulfonamides is 1. The van der Waals surface area contributed by atoms with Gasteiger partial charge < -0.3 is 0 Å². The van der Waals surface area contributed by atoms with Crippen LogP contribution in [0.15, 0.2) is 41.3 Å². The summed E-state index contributed by atoms with van der Waals surface area (Å²) in [6.45, 7) is -0.512. The second-order valence-electron chi connectivity index (χ2n) is 4.49. The molecule has 0 unspecified atom stereocenters. The van der Waals surface area contributed by atoms with Crippen LogP contribution in [0.25, 0.3) is 10.8 Å². The lowest BCUT2D eigenvalue weighted by Crippen LogP contribution is -2.34. The van der Waals surface area contributed by atoms with Crippen LogP contribution in [-0.4, -0.2) is 31.2 Å². The fourth-order valence-electron chi connectivity index (χ4n) is 2.12. The van der Waals surface area contributed by atoms with Gasteiger partial charge in [0.05, 0.1) is 4.90 Å². The lowest BCUT2D eigenvalue weighted by atomic mass is 10.1. The molecule has 0 aromatic heterocycles. The number of urea groups is 1. The number of halogens is 1. The number of rotatable bonds is 2. The standard InChI is InChI=1S/C13H9ClN2O4S/c14-11-3-1-2-8-4-5-9(6-10(8)11)21(19,20)16-7-12(17)15-13(16)18/h1-6H,7H2,(H,15,17,18). The highest BCUT2D eigenvalue weighted by molar-refractivity contribution is 7.89. The predicted octanol–water partition coefficient (Wildman–Crippen LogP) is 1.73. The minimum Gasteiger partial charge on any atom is -0.275 e. The zero-order chi connectivity index (χ0) is 15.2. The summed E-state index contributed by atoms with van der Waals surface area (Å²) in [5, 5.41) is 3.69. The summed E-state index contributed by atoms with van der Waals surface area (Å²) >= 11 is 6.05. The fraction of sp³-hybridized carbons (Fsp3) is 0.0769. The van der Waals surface area contributed by atoms with Crippen LogP contribution in [0.3, 0.4) is 0 Å². The number of nitrogens with zero attached hydrogens (tertiary/aromatic N) is 1. The molecule has 3 rings (SSSR count). The van der Waals surface area contributed by atoms with Crippen LogP contribution in [-0.2, 0) is 14.8 Å². The van der Waals surface area contributed by atoms with Crippen LogP contribution in [0.1, 0.15) is 0 Å². The van der Waals surface area contributed by atoms with Crippen LogP contribution in [0.4, 0.5) is 4.79 Å². The lowest BCUT2D eigenvalue weighted by Gasteiger charge is -2.14. The number of amides is 3. The van der Waals surface area contributed by atoms with Gasteiger partial charge in [0.25, 0.3) is 10.0 Å². The number of imide groups is 1. The van der Waals surface area contributed by atoms with E-state index in [2.05, 4.69) is 0 Å². The normalized spacial score (nSPS) is 15.6. The van der Waals surface area contributed by atoms with Gasteiger partial charge >= 0.3 is 6.03 Å². The van der Waals surface area contributed by atoms with Gasteiger partial charge in [-0.3, -0.25) is 10.1 Å². The minimum atomic E-state index is -4.09. The van der Waals surface area contributed by atoms with Crippen LogP contribution in [0.2, 0.25) is 5.02 Å². The van der Waals surface area contributed by atoms with Crippen molar-refractivity contribution in [3.8, 4) is 0 Å². The molecule has 0 atom stereocenters. The van der Waals surface area contributed by atoms with Crippen molar-refractivity contribution < 1.29 is 18.0 Å². The molecule has 0 bridgehead atoms. The molecule has 0 saturated carbocycles. The third kappa shape index (κ3) is 2.24. The Balaban J connectivity index is 2.13. The molecule has 21 heavy (non-hydrogen) atoms. The third-order valence-electron chi connectivity index (χ3n) is 3.15. The summed E-state index contributed by atoms with van der Waals surface area (Å²) in [4.78, 5) is 22.6. The molecule has 8 heteroatoms. The number of hydrogen-bond acceptors (Lipinski definition) is 4. The Morgan fingerprint density at radius 2 is 1.90 bits per heavy atom. The number of carbonyl (C=O) groups excluding carboxylic acids is 2. The maximum atomic E-state index is 12.4. The molecule has 0 aliphatic carbocycles. The van der Waals surface area contributed by atoms with Crippen LogP contribution < -0.4 is 5.32 Å². The Labute approximate surface area is 125 Å². The summed E-state index contributed by atoms with van der Waals surface area (Å²) < 4.78 is 25.3. The molecule has 6 nitrogen and oxygen atoms in total. The second kappa shape index (κ2) is 4.71. The Morgan fingerprint density at radius 3 is 2.57 bits per heavy atom. The summed E-state index contributed by atoms with van der Waals surface area (Å²) in [6.07, 6.45) is 0. The van der Waals surface area contributed by atoms with Gasteiger partial charge in [-0.15, -0.1) is 0 Å². The van der Waals surface area contributed by atoms with Crippen LogP contribution >= 0.6 is 11.6 Å². The first-order valence-electron chi connectivity index (χ1n) is 5.94. The first-order valence-corrected chi connectivity index (χ1v) is 7.76. The lowest BCUT2D eigenvalue weighted by molar-refractivity contribution is -0.118. The molecular weight excluding hydrogens is 316 g/mol. The Hall–Kier alpha value is -2.12. The molecule has 1 heterocycles. The molecule has 3 amide bonds. The van der Waals surface area contributed by atoms with Gasteiger partial charge in [-0.2, -0.15) is 0 Å². The van der Waals surface area contributed by atoms with Gasteiger partial charge in [0.1, 0.15) is 6.54 Å². The number of carbonyl (C=O) groups is 2. The number of fused-ring (bicyclic) bond motifs is 1. The highest BCUT2D eigenvalue weighted by Crippen LogP contribution is 2.27. The monoisotopic (exact) mass is 324 g/mol. The molecule has 0 spiro atoms. The zero-order valence-electron chi connectivity index (χ0n) is 10.5. The van der Waals surface area contributed by atoms with Crippen molar-refractivity contribution in [2.75, 3.05) is 6.54 Å². The van der Waals surface area contributed by atoms with Gasteiger partial charge in [-0.1, -0.05) is 29.8 Å². The molecule has 108 valence electrons. The van der Waals surface area contributed by atoms with E-state index in [1.54, 1.807) is 24.3 Å². The number of nitrogens with one attached hydrogen (secondary N) is 1. The van der Waals surface area contributed by atoms with Crippen molar-refractivity contribution in [1.82, 2.24) is 9.62 Å². The van der Waals surface area contributed by atoms with Crippen LogP contribution in [0.5, 0.6) is 0 Å². The van der Waals surface area contributed by atoms with Gasteiger partial charge in [0.15, 0.2) is 0 Å². The topological polar surface area (TPSA) is 83.6 Å². The molecule has 1 fully saturated rings. The van der Waals surface area contributed by atoms with Gasteiger partial charge in [0, 0.05) is 10.4 Å². The smallest absolute Gasteiger partial charge is 0.275 e. The molecule has 2 aromatic rings. The van der Waals surface area contributed by atoms with Crippen molar-refractivity contribution in [2.45, 2.75) is 4.90 Å². The Bertz CT molecular complexity index is 879. The summed E-state index contributed by atoms with van der Waals surface area (Å²) in [6, 6.07) is 8.62. The Kier molecular flexibility index (Phi) is 3.11. The highest BCUT2D eigenvalue weighted by Gasteiger charge is 2.37. The molecule has 1 aliphatic rings.